The highest BCUT2D eigenvalue weighted by molar-refractivity contribution is 9.10. The molecule has 1 N–H and O–H groups in total. The molecule has 6 heteroatoms. The lowest BCUT2D eigenvalue weighted by atomic mass is 10.2. The number of nitrogens with one attached hydrogen (secondary N) is 1. The van der Waals surface area contributed by atoms with Gasteiger partial charge in [-0.3, -0.25) is 4.79 Å². The van der Waals surface area contributed by atoms with E-state index in [4.69, 9.17) is 9.47 Å². The summed E-state index contributed by atoms with van der Waals surface area (Å²) in [5.41, 5.74) is 0.0418. The van der Waals surface area contributed by atoms with Crippen LogP contribution in [0.15, 0.2) is 22.7 Å². The third kappa shape index (κ3) is 6.62. The average molecular weight is 358 g/mol. The molecule has 0 aliphatic carbocycles. The topological polar surface area (TPSA) is 64.6 Å². The van der Waals surface area contributed by atoms with E-state index in [1.807, 2.05) is 20.8 Å². The van der Waals surface area contributed by atoms with Crippen molar-refractivity contribution < 1.29 is 19.1 Å². The quantitative estimate of drug-likeness (QED) is 0.624. The molecular weight excluding hydrogens is 338 g/mol. The molecule has 0 saturated heterocycles. The molecule has 1 aromatic carbocycles. The molecule has 1 aromatic rings. The number of benzene rings is 1. The van der Waals surface area contributed by atoms with Crippen LogP contribution in [0, 0.1) is 0 Å². The molecule has 0 saturated carbocycles. The molecule has 1 rings (SSSR count). The number of rotatable bonds is 6. The van der Waals surface area contributed by atoms with Crippen molar-refractivity contribution in [1.82, 2.24) is 5.32 Å². The predicted molar refractivity (Wildman–Crippen MR) is 83.9 cm³/mol. The Morgan fingerprint density at radius 2 is 2.10 bits per heavy atom. The van der Waals surface area contributed by atoms with Crippen molar-refractivity contribution >= 4 is 28.3 Å². The maximum absolute atomic E-state index is 11.4. The molecule has 0 aromatic heterocycles. The molecule has 0 fully saturated rings. The third-order valence-electron chi connectivity index (χ3n) is 2.37. The Labute approximate surface area is 133 Å². The Balaban J connectivity index is 2.29. The SMILES string of the molecule is CC(C)(C)OC(=O)NCCCOc1cccc(C=O)c1Br. The van der Waals surface area contributed by atoms with Crippen molar-refractivity contribution in [2.45, 2.75) is 32.8 Å². The van der Waals surface area contributed by atoms with Crippen molar-refractivity contribution in [3.63, 3.8) is 0 Å². The number of amides is 1. The first kappa shape index (κ1) is 17.5. The van der Waals surface area contributed by atoms with Crippen molar-refractivity contribution in [1.29, 1.82) is 0 Å². The van der Waals surface area contributed by atoms with Gasteiger partial charge in [0.25, 0.3) is 0 Å². The van der Waals surface area contributed by atoms with Gasteiger partial charge >= 0.3 is 6.09 Å². The van der Waals surface area contributed by atoms with Crippen LogP contribution in [-0.2, 0) is 4.74 Å². The van der Waals surface area contributed by atoms with Crippen LogP contribution in [0.2, 0.25) is 0 Å². The molecule has 0 aliphatic heterocycles. The van der Waals surface area contributed by atoms with Crippen molar-refractivity contribution in [3.8, 4) is 5.75 Å². The normalized spacial score (nSPS) is 10.9. The summed E-state index contributed by atoms with van der Waals surface area (Å²) in [7, 11) is 0. The molecule has 21 heavy (non-hydrogen) atoms. The highest BCUT2D eigenvalue weighted by atomic mass is 79.9. The molecule has 1 amide bonds. The van der Waals surface area contributed by atoms with Gasteiger partial charge < -0.3 is 14.8 Å². The minimum absolute atomic E-state index is 0.427. The smallest absolute Gasteiger partial charge is 0.407 e. The Morgan fingerprint density at radius 3 is 2.71 bits per heavy atom. The van der Waals surface area contributed by atoms with Crippen LogP contribution in [0.3, 0.4) is 0 Å². The summed E-state index contributed by atoms with van der Waals surface area (Å²) in [6, 6.07) is 5.23. The Bertz CT molecular complexity index is 497. The molecule has 0 heterocycles. The number of hydrogen-bond acceptors (Lipinski definition) is 4. The predicted octanol–water partition coefficient (Wildman–Crippen LogP) is 3.56. The molecule has 116 valence electrons. The van der Waals surface area contributed by atoms with E-state index >= 15 is 0 Å². The van der Waals surface area contributed by atoms with Crippen LogP contribution in [0.25, 0.3) is 0 Å². The minimum Gasteiger partial charge on any atom is -0.492 e. The van der Waals surface area contributed by atoms with Crippen molar-refractivity contribution in [3.05, 3.63) is 28.2 Å². The number of halogens is 1. The number of carbonyl (C=O) groups is 2. The fraction of sp³-hybridized carbons (Fsp3) is 0.467. The maximum Gasteiger partial charge on any atom is 0.407 e. The summed E-state index contributed by atoms with van der Waals surface area (Å²) in [6.45, 7) is 6.32. The summed E-state index contributed by atoms with van der Waals surface area (Å²) in [5, 5.41) is 2.65. The van der Waals surface area contributed by atoms with Crippen LogP contribution in [0.1, 0.15) is 37.6 Å². The van der Waals surface area contributed by atoms with E-state index in [0.717, 1.165) is 6.29 Å². The highest BCUT2D eigenvalue weighted by Gasteiger charge is 2.15. The minimum atomic E-state index is -0.499. The molecule has 0 bridgehead atoms. The zero-order valence-electron chi connectivity index (χ0n) is 12.4. The number of alkyl carbamates (subject to hydrolysis) is 1. The standard InChI is InChI=1S/C15H20BrNO4/c1-15(2,3)21-14(19)17-8-5-9-20-12-7-4-6-11(10-18)13(12)16/h4,6-7,10H,5,8-9H2,1-3H3,(H,17,19). The fourth-order valence-electron chi connectivity index (χ4n) is 1.49. The van der Waals surface area contributed by atoms with E-state index < -0.39 is 11.7 Å². The van der Waals surface area contributed by atoms with Gasteiger partial charge in [-0.25, -0.2) is 4.79 Å². The van der Waals surface area contributed by atoms with Gasteiger partial charge in [-0.2, -0.15) is 0 Å². The molecule has 0 unspecified atom stereocenters. The second kappa shape index (κ2) is 8.02. The number of ether oxygens (including phenoxy) is 2. The average Bonchev–Trinajstić information content (AvgIpc) is 2.38. The number of aldehydes is 1. The van der Waals surface area contributed by atoms with Crippen LogP contribution in [0.5, 0.6) is 5.75 Å². The van der Waals surface area contributed by atoms with Gasteiger partial charge in [0, 0.05) is 12.1 Å². The first-order valence-electron chi connectivity index (χ1n) is 6.67. The van der Waals surface area contributed by atoms with Gasteiger partial charge in [0.2, 0.25) is 0 Å². The summed E-state index contributed by atoms with van der Waals surface area (Å²) in [4.78, 5) is 22.2. The molecule has 0 radical (unpaired) electrons. The van der Waals surface area contributed by atoms with Gasteiger partial charge in [-0.05, 0) is 49.2 Å². The van der Waals surface area contributed by atoms with Crippen molar-refractivity contribution in [2.24, 2.45) is 0 Å². The van der Waals surface area contributed by atoms with E-state index in [0.29, 0.717) is 35.4 Å². The summed E-state index contributed by atoms with van der Waals surface area (Å²) < 4.78 is 11.3. The monoisotopic (exact) mass is 357 g/mol. The van der Waals surface area contributed by atoms with E-state index in [-0.39, 0.29) is 0 Å². The first-order chi connectivity index (χ1) is 9.83. The molecule has 0 spiro atoms. The van der Waals surface area contributed by atoms with Crippen LogP contribution in [-0.4, -0.2) is 31.1 Å². The van der Waals surface area contributed by atoms with E-state index in [9.17, 15) is 9.59 Å². The van der Waals surface area contributed by atoms with Gasteiger partial charge in [0.15, 0.2) is 6.29 Å². The number of carbonyl (C=O) groups excluding carboxylic acids is 2. The maximum atomic E-state index is 11.4. The zero-order chi connectivity index (χ0) is 15.9. The van der Waals surface area contributed by atoms with E-state index in [1.165, 1.54) is 0 Å². The fourth-order valence-corrected chi connectivity index (χ4v) is 1.96. The highest BCUT2D eigenvalue weighted by Crippen LogP contribution is 2.27. The Morgan fingerprint density at radius 1 is 1.38 bits per heavy atom. The second-order valence-electron chi connectivity index (χ2n) is 5.41. The van der Waals surface area contributed by atoms with E-state index in [1.54, 1.807) is 18.2 Å². The first-order valence-corrected chi connectivity index (χ1v) is 7.46. The lowest BCUT2D eigenvalue weighted by Crippen LogP contribution is -2.33. The van der Waals surface area contributed by atoms with Crippen molar-refractivity contribution in [2.75, 3.05) is 13.2 Å². The van der Waals surface area contributed by atoms with Gasteiger partial charge in [-0.15, -0.1) is 0 Å². The summed E-state index contributed by atoms with van der Waals surface area (Å²) in [6.07, 6.45) is 0.962. The Hall–Kier alpha value is -1.56. The van der Waals surface area contributed by atoms with Crippen LogP contribution < -0.4 is 10.1 Å². The molecule has 5 nitrogen and oxygen atoms in total. The largest absolute Gasteiger partial charge is 0.492 e. The van der Waals surface area contributed by atoms with Crippen LogP contribution in [0.4, 0.5) is 4.79 Å². The molecule has 0 atom stereocenters. The van der Waals surface area contributed by atoms with Gasteiger partial charge in [-0.1, -0.05) is 12.1 Å². The lowest BCUT2D eigenvalue weighted by Gasteiger charge is -2.19. The number of hydrogen-bond donors (Lipinski definition) is 1. The van der Waals surface area contributed by atoms with Gasteiger partial charge in [0.05, 0.1) is 11.1 Å². The van der Waals surface area contributed by atoms with E-state index in [2.05, 4.69) is 21.2 Å². The Kier molecular flexibility index (Phi) is 6.68. The molecule has 0 aliphatic rings. The lowest BCUT2D eigenvalue weighted by molar-refractivity contribution is 0.0525. The molecular formula is C15H20BrNO4. The third-order valence-corrected chi connectivity index (χ3v) is 3.22. The van der Waals surface area contributed by atoms with Crippen LogP contribution >= 0.6 is 15.9 Å². The van der Waals surface area contributed by atoms with Gasteiger partial charge in [0.1, 0.15) is 11.4 Å². The summed E-state index contributed by atoms with van der Waals surface area (Å²) >= 11 is 3.32. The summed E-state index contributed by atoms with van der Waals surface area (Å²) in [5.74, 6) is 0.608. The zero-order valence-corrected chi connectivity index (χ0v) is 14.0. The second-order valence-corrected chi connectivity index (χ2v) is 6.20.